The van der Waals surface area contributed by atoms with E-state index in [1.807, 2.05) is 30.3 Å². The lowest BCUT2D eigenvalue weighted by molar-refractivity contribution is -0.0755. The van der Waals surface area contributed by atoms with Gasteiger partial charge in [0.2, 0.25) is 0 Å². The number of benzene rings is 2. The van der Waals surface area contributed by atoms with Gasteiger partial charge in [-0.3, -0.25) is 9.69 Å². The summed E-state index contributed by atoms with van der Waals surface area (Å²) in [5.41, 5.74) is 0.248. The molecule has 158 valence electrons. The number of nitrogens with zero attached hydrogens (tertiary/aromatic N) is 1. The number of ketones is 1. The van der Waals surface area contributed by atoms with Gasteiger partial charge in [0, 0.05) is 12.0 Å². The summed E-state index contributed by atoms with van der Waals surface area (Å²) in [6.45, 7) is 0.536. The Morgan fingerprint density at radius 3 is 2.37 bits per heavy atom. The van der Waals surface area contributed by atoms with Gasteiger partial charge in [0.15, 0.2) is 17.4 Å². The molecule has 0 aliphatic carbocycles. The lowest BCUT2D eigenvalue weighted by Crippen LogP contribution is -2.60. The zero-order chi connectivity index (χ0) is 21.3. The smallest absolute Gasteiger partial charge is 0.410 e. The molecular weight excluding hydrogens is 399 g/mol. The maximum atomic E-state index is 14.1. The molecule has 2 aromatic rings. The molecular formula is C22H20F3NO4. The number of morpholine rings is 1. The van der Waals surface area contributed by atoms with Crippen molar-refractivity contribution in [3.63, 3.8) is 0 Å². The van der Waals surface area contributed by atoms with E-state index in [2.05, 4.69) is 0 Å². The third-order valence-electron chi connectivity index (χ3n) is 5.57. The van der Waals surface area contributed by atoms with E-state index in [4.69, 9.17) is 9.47 Å². The lowest BCUT2D eigenvalue weighted by Gasteiger charge is -2.47. The van der Waals surface area contributed by atoms with Crippen LogP contribution < -0.4 is 0 Å². The number of carbonyl (C=O) groups is 2. The predicted octanol–water partition coefficient (Wildman–Crippen LogP) is 4.10. The first-order valence-electron chi connectivity index (χ1n) is 9.69. The fourth-order valence-corrected chi connectivity index (χ4v) is 4.18. The van der Waals surface area contributed by atoms with Crippen molar-refractivity contribution in [2.45, 2.75) is 31.5 Å². The van der Waals surface area contributed by atoms with Crippen LogP contribution in [-0.4, -0.2) is 42.1 Å². The zero-order valence-electron chi connectivity index (χ0n) is 16.0. The van der Waals surface area contributed by atoms with Crippen molar-refractivity contribution in [1.29, 1.82) is 0 Å². The third-order valence-corrected chi connectivity index (χ3v) is 5.57. The number of ether oxygens (including phenoxy) is 2. The first-order valence-corrected chi connectivity index (χ1v) is 9.69. The van der Waals surface area contributed by atoms with Crippen molar-refractivity contribution >= 4 is 11.9 Å². The number of piperidine rings is 1. The van der Waals surface area contributed by atoms with Crippen LogP contribution >= 0.6 is 0 Å². The molecule has 2 aliphatic rings. The Balaban J connectivity index is 1.47. The molecule has 2 fully saturated rings. The highest BCUT2D eigenvalue weighted by atomic mass is 19.2. The van der Waals surface area contributed by atoms with E-state index >= 15 is 0 Å². The van der Waals surface area contributed by atoms with Gasteiger partial charge in [-0.25, -0.2) is 18.0 Å². The Kier molecular flexibility index (Phi) is 5.76. The van der Waals surface area contributed by atoms with E-state index < -0.39 is 52.9 Å². The monoisotopic (exact) mass is 419 g/mol. The molecule has 5 nitrogen and oxygen atoms in total. The second-order valence-corrected chi connectivity index (χ2v) is 7.57. The van der Waals surface area contributed by atoms with E-state index in [0.717, 1.165) is 5.56 Å². The molecule has 0 radical (unpaired) electrons. The van der Waals surface area contributed by atoms with Gasteiger partial charge < -0.3 is 9.47 Å². The van der Waals surface area contributed by atoms with Crippen LogP contribution in [0.15, 0.2) is 42.5 Å². The SMILES string of the molecule is O=C(c1cc(F)cc(F)c1F)C1CC2COCC(C1)N2C(=O)OCc1ccccc1. The van der Waals surface area contributed by atoms with Crippen molar-refractivity contribution < 1.29 is 32.2 Å². The largest absolute Gasteiger partial charge is 0.445 e. The second kappa shape index (κ2) is 8.47. The fraction of sp³-hybridized carbons (Fsp3) is 0.364. The first kappa shape index (κ1) is 20.4. The summed E-state index contributed by atoms with van der Waals surface area (Å²) < 4.78 is 52.1. The minimum Gasteiger partial charge on any atom is -0.445 e. The molecule has 0 spiro atoms. The van der Waals surface area contributed by atoms with Crippen molar-refractivity contribution in [1.82, 2.24) is 4.90 Å². The standard InChI is InChI=1S/C22H20F3NO4/c23-15-8-18(20(25)19(24)9-15)21(27)14-6-16-11-29-12-17(7-14)26(16)22(28)30-10-13-4-2-1-3-5-13/h1-5,8-9,14,16-17H,6-7,10-12H2. The van der Waals surface area contributed by atoms with Crippen LogP contribution in [0.4, 0.5) is 18.0 Å². The van der Waals surface area contributed by atoms with E-state index in [0.29, 0.717) is 12.1 Å². The summed E-state index contributed by atoms with van der Waals surface area (Å²) in [7, 11) is 0. The Hall–Kier alpha value is -2.87. The Labute approximate surface area is 171 Å². The fourth-order valence-electron chi connectivity index (χ4n) is 4.18. The maximum Gasteiger partial charge on any atom is 0.410 e. The average molecular weight is 419 g/mol. The minimum atomic E-state index is -1.40. The molecule has 30 heavy (non-hydrogen) atoms. The quantitative estimate of drug-likeness (QED) is 0.553. The summed E-state index contributed by atoms with van der Waals surface area (Å²) >= 11 is 0. The zero-order valence-corrected chi connectivity index (χ0v) is 16.0. The molecule has 0 aromatic heterocycles. The molecule has 2 atom stereocenters. The number of rotatable bonds is 4. The van der Waals surface area contributed by atoms with Crippen LogP contribution in [0.1, 0.15) is 28.8 Å². The summed E-state index contributed by atoms with van der Waals surface area (Å²) in [6, 6.07) is 9.49. The second-order valence-electron chi connectivity index (χ2n) is 7.57. The van der Waals surface area contributed by atoms with Crippen molar-refractivity contribution in [2.24, 2.45) is 5.92 Å². The average Bonchev–Trinajstić information content (AvgIpc) is 2.74. The highest BCUT2D eigenvalue weighted by molar-refractivity contribution is 5.98. The summed E-state index contributed by atoms with van der Waals surface area (Å²) in [5, 5.41) is 0. The van der Waals surface area contributed by atoms with E-state index in [9.17, 15) is 22.8 Å². The molecule has 8 heteroatoms. The molecule has 2 unspecified atom stereocenters. The van der Waals surface area contributed by atoms with Gasteiger partial charge in [-0.1, -0.05) is 30.3 Å². The molecule has 2 aromatic carbocycles. The van der Waals surface area contributed by atoms with E-state index in [1.54, 1.807) is 4.90 Å². The maximum absolute atomic E-state index is 14.1. The topological polar surface area (TPSA) is 55.8 Å². The van der Waals surface area contributed by atoms with Crippen molar-refractivity contribution in [3.05, 3.63) is 71.0 Å². The van der Waals surface area contributed by atoms with Crippen LogP contribution in [0.3, 0.4) is 0 Å². The molecule has 0 saturated carbocycles. The van der Waals surface area contributed by atoms with Gasteiger partial charge in [0.25, 0.3) is 0 Å². The van der Waals surface area contributed by atoms with E-state index in [-0.39, 0.29) is 32.7 Å². The molecule has 0 N–H and O–H groups in total. The number of hydrogen-bond acceptors (Lipinski definition) is 4. The minimum absolute atomic E-state index is 0.118. The molecule has 1 amide bonds. The van der Waals surface area contributed by atoms with Crippen LogP contribution in [0.2, 0.25) is 0 Å². The summed E-state index contributed by atoms with van der Waals surface area (Å²) in [5.74, 6) is -5.10. The van der Waals surface area contributed by atoms with Crippen LogP contribution in [-0.2, 0) is 16.1 Å². The highest BCUT2D eigenvalue weighted by Gasteiger charge is 2.45. The first-order chi connectivity index (χ1) is 14.4. The summed E-state index contributed by atoms with van der Waals surface area (Å²) in [6.07, 6.45) is -0.105. The van der Waals surface area contributed by atoms with Gasteiger partial charge in [-0.15, -0.1) is 0 Å². The number of hydrogen-bond donors (Lipinski definition) is 0. The van der Waals surface area contributed by atoms with Gasteiger partial charge in [-0.05, 0) is 24.5 Å². The number of halogens is 3. The molecule has 2 aliphatic heterocycles. The molecule has 2 saturated heterocycles. The Morgan fingerprint density at radius 1 is 1.03 bits per heavy atom. The van der Waals surface area contributed by atoms with Crippen LogP contribution in [0, 0.1) is 23.4 Å². The summed E-state index contributed by atoms with van der Waals surface area (Å²) in [4.78, 5) is 27.0. The van der Waals surface area contributed by atoms with Crippen LogP contribution in [0.5, 0.6) is 0 Å². The normalized spacial score (nSPS) is 23.2. The van der Waals surface area contributed by atoms with Gasteiger partial charge >= 0.3 is 6.09 Å². The van der Waals surface area contributed by atoms with Crippen molar-refractivity contribution in [3.8, 4) is 0 Å². The Bertz CT molecular complexity index is 939. The molecule has 2 bridgehead atoms. The van der Waals surface area contributed by atoms with Crippen molar-refractivity contribution in [2.75, 3.05) is 13.2 Å². The van der Waals surface area contributed by atoms with Gasteiger partial charge in [0.05, 0.1) is 30.9 Å². The van der Waals surface area contributed by atoms with Crippen LogP contribution in [0.25, 0.3) is 0 Å². The number of amides is 1. The predicted molar refractivity (Wildman–Crippen MR) is 100 cm³/mol. The highest BCUT2D eigenvalue weighted by Crippen LogP contribution is 2.35. The van der Waals surface area contributed by atoms with Gasteiger partial charge in [0.1, 0.15) is 12.4 Å². The molecule has 4 rings (SSSR count). The third kappa shape index (κ3) is 4.05. The number of carbonyl (C=O) groups excluding carboxylic acids is 2. The lowest BCUT2D eigenvalue weighted by atomic mass is 9.80. The Morgan fingerprint density at radius 2 is 1.70 bits per heavy atom. The number of Topliss-reactive ketones (excluding diaryl/α,β-unsaturated/α-hetero) is 1. The molecule has 2 heterocycles. The van der Waals surface area contributed by atoms with E-state index in [1.165, 1.54) is 0 Å². The van der Waals surface area contributed by atoms with Gasteiger partial charge in [-0.2, -0.15) is 0 Å². The number of fused-ring (bicyclic) bond motifs is 2.